The third-order valence-corrected chi connectivity index (χ3v) is 3.41. The van der Waals surface area contributed by atoms with Gasteiger partial charge in [0.2, 0.25) is 0 Å². The van der Waals surface area contributed by atoms with E-state index in [0.717, 1.165) is 28.8 Å². The van der Waals surface area contributed by atoms with Gasteiger partial charge in [-0.3, -0.25) is 0 Å². The predicted octanol–water partition coefficient (Wildman–Crippen LogP) is 4.10. The van der Waals surface area contributed by atoms with E-state index in [-0.39, 0.29) is 5.82 Å². The van der Waals surface area contributed by atoms with Crippen LogP contribution in [0, 0.1) is 5.82 Å². The van der Waals surface area contributed by atoms with Crippen molar-refractivity contribution < 1.29 is 9.13 Å². The summed E-state index contributed by atoms with van der Waals surface area (Å²) in [6, 6.07) is 4.96. The average Bonchev–Trinajstić information content (AvgIpc) is 2.40. The summed E-state index contributed by atoms with van der Waals surface area (Å²) in [6.07, 6.45) is 0.971. The second-order valence-electron chi connectivity index (χ2n) is 4.27. The molecule has 1 aromatic carbocycles. The number of pyridine rings is 1. The second kappa shape index (κ2) is 6.30. The Hall–Kier alpha value is -1.20. The van der Waals surface area contributed by atoms with Crippen molar-refractivity contribution in [2.75, 3.05) is 19.0 Å². The summed E-state index contributed by atoms with van der Waals surface area (Å²) in [4.78, 5) is 4.44. The van der Waals surface area contributed by atoms with E-state index in [1.165, 1.54) is 6.07 Å². The van der Waals surface area contributed by atoms with Crippen molar-refractivity contribution in [3.05, 3.63) is 34.2 Å². The molecule has 0 saturated carbocycles. The fourth-order valence-electron chi connectivity index (χ4n) is 1.94. The smallest absolute Gasteiger partial charge is 0.134 e. The molecule has 0 bridgehead atoms. The Balaban J connectivity index is 2.63. The fraction of sp³-hybridized carbons (Fsp3) is 0.357. The van der Waals surface area contributed by atoms with Gasteiger partial charge in [0.15, 0.2) is 0 Å². The Bertz CT molecular complexity index is 589. The maximum atomic E-state index is 14.0. The number of benzene rings is 1. The number of rotatable bonds is 5. The SMILES string of the molecule is CCCNc1cc(COC)nc2c(Br)ccc(F)c12. The minimum absolute atomic E-state index is 0.270. The molecule has 0 aliphatic carbocycles. The van der Waals surface area contributed by atoms with Crippen LogP contribution in [0.4, 0.5) is 10.1 Å². The summed E-state index contributed by atoms with van der Waals surface area (Å²) in [5.74, 6) is -0.270. The molecule has 0 radical (unpaired) electrons. The number of halogens is 2. The van der Waals surface area contributed by atoms with Crippen molar-refractivity contribution in [3.63, 3.8) is 0 Å². The van der Waals surface area contributed by atoms with Crippen LogP contribution in [0.5, 0.6) is 0 Å². The summed E-state index contributed by atoms with van der Waals surface area (Å²) in [6.45, 7) is 3.26. The molecule has 5 heteroatoms. The monoisotopic (exact) mass is 326 g/mol. The molecule has 0 aliphatic rings. The van der Waals surface area contributed by atoms with Gasteiger partial charge in [0, 0.05) is 23.8 Å². The van der Waals surface area contributed by atoms with Crippen molar-refractivity contribution >= 4 is 32.5 Å². The van der Waals surface area contributed by atoms with Crippen LogP contribution in [0.25, 0.3) is 10.9 Å². The zero-order chi connectivity index (χ0) is 13.8. The molecule has 2 rings (SSSR count). The lowest BCUT2D eigenvalue weighted by Gasteiger charge is -2.12. The van der Waals surface area contributed by atoms with Gasteiger partial charge in [0.05, 0.1) is 23.2 Å². The first-order valence-corrected chi connectivity index (χ1v) is 6.97. The first kappa shape index (κ1) is 14.2. The lowest BCUT2D eigenvalue weighted by molar-refractivity contribution is 0.182. The van der Waals surface area contributed by atoms with E-state index in [2.05, 4.69) is 33.2 Å². The van der Waals surface area contributed by atoms with E-state index in [4.69, 9.17) is 4.74 Å². The molecule has 0 fully saturated rings. The van der Waals surface area contributed by atoms with Gasteiger partial charge in [0.1, 0.15) is 5.82 Å². The predicted molar refractivity (Wildman–Crippen MR) is 78.9 cm³/mol. The van der Waals surface area contributed by atoms with E-state index < -0.39 is 0 Å². The van der Waals surface area contributed by atoms with E-state index in [0.29, 0.717) is 17.5 Å². The number of methoxy groups -OCH3 is 1. The lowest BCUT2D eigenvalue weighted by atomic mass is 10.1. The number of anilines is 1. The Morgan fingerprint density at radius 2 is 2.21 bits per heavy atom. The molecule has 3 nitrogen and oxygen atoms in total. The Morgan fingerprint density at radius 3 is 2.89 bits per heavy atom. The molecule has 2 aromatic rings. The molecule has 1 aromatic heterocycles. The number of hydrogen-bond donors (Lipinski definition) is 1. The van der Waals surface area contributed by atoms with Gasteiger partial charge in [-0.25, -0.2) is 9.37 Å². The Kier molecular flexibility index (Phi) is 4.71. The van der Waals surface area contributed by atoms with E-state index >= 15 is 0 Å². The van der Waals surface area contributed by atoms with E-state index in [1.807, 2.05) is 6.07 Å². The maximum Gasteiger partial charge on any atom is 0.134 e. The van der Waals surface area contributed by atoms with Crippen LogP contribution >= 0.6 is 15.9 Å². The first-order valence-electron chi connectivity index (χ1n) is 6.17. The number of hydrogen-bond acceptors (Lipinski definition) is 3. The highest BCUT2D eigenvalue weighted by molar-refractivity contribution is 9.10. The van der Waals surface area contributed by atoms with Crippen LogP contribution in [0.15, 0.2) is 22.7 Å². The molecular weight excluding hydrogens is 311 g/mol. The number of aromatic nitrogens is 1. The normalized spacial score (nSPS) is 10.9. The average molecular weight is 327 g/mol. The minimum atomic E-state index is -0.270. The topological polar surface area (TPSA) is 34.1 Å². The number of nitrogens with zero attached hydrogens (tertiary/aromatic N) is 1. The van der Waals surface area contributed by atoms with Crippen molar-refractivity contribution in [1.82, 2.24) is 4.98 Å². The van der Waals surface area contributed by atoms with Gasteiger partial charge in [-0.15, -0.1) is 0 Å². The van der Waals surface area contributed by atoms with Crippen LogP contribution in [-0.2, 0) is 11.3 Å². The van der Waals surface area contributed by atoms with Gasteiger partial charge in [-0.1, -0.05) is 6.92 Å². The van der Waals surface area contributed by atoms with Crippen molar-refractivity contribution in [2.24, 2.45) is 0 Å². The zero-order valence-corrected chi connectivity index (χ0v) is 12.6. The molecule has 0 spiro atoms. The quantitative estimate of drug-likeness (QED) is 0.898. The van der Waals surface area contributed by atoms with Crippen LogP contribution in [-0.4, -0.2) is 18.6 Å². The highest BCUT2D eigenvalue weighted by Gasteiger charge is 2.12. The maximum absolute atomic E-state index is 14.0. The van der Waals surface area contributed by atoms with Gasteiger partial charge in [-0.05, 0) is 40.5 Å². The minimum Gasteiger partial charge on any atom is -0.384 e. The molecule has 102 valence electrons. The molecule has 0 aliphatic heterocycles. The fourth-order valence-corrected chi connectivity index (χ4v) is 2.36. The molecule has 0 amide bonds. The lowest BCUT2D eigenvalue weighted by Crippen LogP contribution is -2.04. The van der Waals surface area contributed by atoms with Crippen LogP contribution < -0.4 is 5.32 Å². The molecule has 1 heterocycles. The Labute approximate surface area is 120 Å². The van der Waals surface area contributed by atoms with Gasteiger partial charge >= 0.3 is 0 Å². The van der Waals surface area contributed by atoms with E-state index in [9.17, 15) is 4.39 Å². The Morgan fingerprint density at radius 1 is 1.42 bits per heavy atom. The standard InChI is InChI=1S/C14H16BrFN2O/c1-3-6-17-12-7-9(8-19-2)18-14-10(15)4-5-11(16)13(12)14/h4-5,7H,3,6,8H2,1-2H3,(H,17,18). The third-order valence-electron chi connectivity index (χ3n) is 2.77. The first-order chi connectivity index (χ1) is 9.17. The zero-order valence-electron chi connectivity index (χ0n) is 11.0. The summed E-state index contributed by atoms with van der Waals surface area (Å²) in [7, 11) is 1.62. The molecule has 1 N–H and O–H groups in total. The van der Waals surface area contributed by atoms with Gasteiger partial charge in [-0.2, -0.15) is 0 Å². The van der Waals surface area contributed by atoms with Crippen molar-refractivity contribution in [2.45, 2.75) is 20.0 Å². The number of ether oxygens (including phenoxy) is 1. The largest absolute Gasteiger partial charge is 0.384 e. The van der Waals surface area contributed by atoms with E-state index in [1.54, 1.807) is 13.2 Å². The summed E-state index contributed by atoms with van der Waals surface area (Å²) in [5.41, 5.74) is 2.16. The second-order valence-corrected chi connectivity index (χ2v) is 5.13. The molecular formula is C14H16BrFN2O. The molecule has 0 atom stereocenters. The highest BCUT2D eigenvalue weighted by atomic mass is 79.9. The number of nitrogens with one attached hydrogen (secondary N) is 1. The van der Waals surface area contributed by atoms with Crippen LogP contribution in [0.2, 0.25) is 0 Å². The molecule has 0 saturated heterocycles. The number of fused-ring (bicyclic) bond motifs is 1. The molecule has 0 unspecified atom stereocenters. The van der Waals surface area contributed by atoms with Crippen molar-refractivity contribution in [1.29, 1.82) is 0 Å². The molecule has 19 heavy (non-hydrogen) atoms. The van der Waals surface area contributed by atoms with Crippen LogP contribution in [0.3, 0.4) is 0 Å². The van der Waals surface area contributed by atoms with Gasteiger partial charge in [0.25, 0.3) is 0 Å². The highest BCUT2D eigenvalue weighted by Crippen LogP contribution is 2.31. The summed E-state index contributed by atoms with van der Waals surface area (Å²) >= 11 is 3.42. The van der Waals surface area contributed by atoms with Gasteiger partial charge < -0.3 is 10.1 Å². The van der Waals surface area contributed by atoms with Crippen molar-refractivity contribution in [3.8, 4) is 0 Å². The summed E-state index contributed by atoms with van der Waals surface area (Å²) < 4.78 is 19.9. The summed E-state index contributed by atoms with van der Waals surface area (Å²) in [5, 5.41) is 3.76. The third kappa shape index (κ3) is 3.04. The van der Waals surface area contributed by atoms with Crippen LogP contribution in [0.1, 0.15) is 19.0 Å².